The van der Waals surface area contributed by atoms with Gasteiger partial charge in [0.05, 0.1) is 6.54 Å². The van der Waals surface area contributed by atoms with Crippen LogP contribution in [0.25, 0.3) is 0 Å². The van der Waals surface area contributed by atoms with Gasteiger partial charge in [-0.1, -0.05) is 64.7 Å². The van der Waals surface area contributed by atoms with Crippen molar-refractivity contribution in [1.82, 2.24) is 4.57 Å². The Hall–Kier alpha value is -0.530. The first-order valence-corrected chi connectivity index (χ1v) is 13.6. The van der Waals surface area contributed by atoms with Gasteiger partial charge in [0.2, 0.25) is 6.33 Å². The lowest BCUT2D eigenvalue weighted by molar-refractivity contribution is -0.697. The summed E-state index contributed by atoms with van der Waals surface area (Å²) in [4.78, 5) is 36.8. The van der Waals surface area contributed by atoms with E-state index in [0.29, 0.717) is 6.54 Å². The predicted octanol–water partition coefficient (Wildman–Crippen LogP) is 3.09. The van der Waals surface area contributed by atoms with Crippen molar-refractivity contribution in [3.8, 4) is 0 Å². The molecule has 0 saturated carbocycles. The smallest absolute Gasteiger partial charge is 0.365 e. The number of hydrogen-bond donors (Lipinski definition) is 5. The number of rotatable bonds is 16. The maximum Gasteiger partial charge on any atom is 0.373 e. The van der Waals surface area contributed by atoms with Gasteiger partial charge in [-0.2, -0.15) is 0 Å². The molecule has 1 rings (SSSR count). The summed E-state index contributed by atoms with van der Waals surface area (Å²) in [7, 11) is -10.9. The van der Waals surface area contributed by atoms with E-state index in [1.165, 1.54) is 68.5 Å². The summed E-state index contributed by atoms with van der Waals surface area (Å²) in [5.74, 6) is 0. The number of imidazole rings is 1. The van der Waals surface area contributed by atoms with E-state index in [4.69, 9.17) is 0 Å². The van der Waals surface area contributed by atoms with E-state index in [1.807, 2.05) is 0 Å². The van der Waals surface area contributed by atoms with Crippen LogP contribution in [-0.4, -0.2) is 34.3 Å². The lowest BCUT2D eigenvalue weighted by Crippen LogP contribution is -2.35. The lowest BCUT2D eigenvalue weighted by Gasteiger charge is -2.27. The Kier molecular flexibility index (Phi) is 11.3. The average molecular weight is 455 g/mol. The number of unbranched alkanes of at least 4 members (excludes halogenated alkanes) is 10. The largest absolute Gasteiger partial charge is 0.373 e. The van der Waals surface area contributed by atoms with Crippen molar-refractivity contribution in [2.24, 2.45) is 0 Å². The fraction of sp³-hybridized carbons (Fsp3) is 0.833. The zero-order valence-electron chi connectivity index (χ0n) is 17.3. The zero-order valence-corrected chi connectivity index (χ0v) is 19.1. The zero-order chi connectivity index (χ0) is 22.0. The van der Waals surface area contributed by atoms with Crippen LogP contribution >= 0.6 is 15.2 Å². The normalized spacial score (nSPS) is 13.2. The third-order valence-electron chi connectivity index (χ3n) is 5.09. The molecule has 1 heterocycles. The highest BCUT2D eigenvalue weighted by atomic mass is 31.2. The summed E-state index contributed by atoms with van der Waals surface area (Å²) < 4.78 is 25.8. The second kappa shape index (κ2) is 12.4. The van der Waals surface area contributed by atoms with Gasteiger partial charge in [0, 0.05) is 0 Å². The number of aryl methyl sites for hydroxylation is 1. The van der Waals surface area contributed by atoms with E-state index in [2.05, 4.69) is 6.92 Å². The topological polar surface area (TPSA) is 144 Å². The van der Waals surface area contributed by atoms with Gasteiger partial charge in [-0.3, -0.25) is 9.13 Å². The first kappa shape index (κ1) is 26.5. The van der Waals surface area contributed by atoms with Crippen molar-refractivity contribution < 1.29 is 38.4 Å². The van der Waals surface area contributed by atoms with Crippen LogP contribution in [0.15, 0.2) is 18.7 Å². The Bertz CT molecular complexity index is 662. The third-order valence-corrected chi connectivity index (χ3v) is 8.81. The van der Waals surface area contributed by atoms with E-state index in [0.717, 1.165) is 19.3 Å². The molecule has 1 aromatic rings. The molecule has 0 atom stereocenters. The molecule has 0 saturated heterocycles. The van der Waals surface area contributed by atoms with E-state index in [1.54, 1.807) is 10.8 Å². The second-order valence-corrected chi connectivity index (χ2v) is 11.7. The molecule has 11 heteroatoms. The molecule has 0 fully saturated rings. The van der Waals surface area contributed by atoms with Crippen LogP contribution in [0.3, 0.4) is 0 Å². The summed E-state index contributed by atoms with van der Waals surface area (Å²) in [5, 5.41) is 6.53. The van der Waals surface area contributed by atoms with Crippen LogP contribution in [-0.2, 0) is 22.2 Å². The second-order valence-electron chi connectivity index (χ2n) is 7.72. The highest BCUT2D eigenvalue weighted by Gasteiger charge is 2.61. The third kappa shape index (κ3) is 9.01. The maximum atomic E-state index is 11.4. The Morgan fingerprint density at radius 3 is 1.72 bits per heavy atom. The van der Waals surface area contributed by atoms with Gasteiger partial charge in [0.1, 0.15) is 18.9 Å². The van der Waals surface area contributed by atoms with Gasteiger partial charge >= 0.3 is 20.3 Å². The fourth-order valence-electron chi connectivity index (χ4n) is 3.22. The highest BCUT2D eigenvalue weighted by molar-refractivity contribution is 7.72. The molecular weight excluding hydrogens is 418 g/mol. The number of aliphatic hydroxyl groups is 1. The molecule has 5 N–H and O–H groups in total. The molecule has 1 aromatic heterocycles. The fourth-order valence-corrected chi connectivity index (χ4v) is 5.27. The van der Waals surface area contributed by atoms with Crippen molar-refractivity contribution in [3.05, 3.63) is 18.7 Å². The first-order valence-electron chi connectivity index (χ1n) is 10.4. The minimum Gasteiger partial charge on any atom is -0.365 e. The van der Waals surface area contributed by atoms with Crippen molar-refractivity contribution in [3.63, 3.8) is 0 Å². The van der Waals surface area contributed by atoms with Crippen LogP contribution in [0.1, 0.15) is 77.6 Å². The van der Waals surface area contributed by atoms with Gasteiger partial charge in [0.25, 0.3) is 0 Å². The van der Waals surface area contributed by atoms with Crippen molar-refractivity contribution in [2.45, 2.75) is 95.7 Å². The Labute approximate surface area is 173 Å². The molecule has 29 heavy (non-hydrogen) atoms. The Balaban J connectivity index is 2.31. The van der Waals surface area contributed by atoms with Crippen LogP contribution in [0.5, 0.6) is 0 Å². The SMILES string of the molecule is CCCCCCCCCCCCC[n+]1ccn(CC(O)(P(=O)(O)O)P(=O)(O)O)c1. The average Bonchev–Trinajstić information content (AvgIpc) is 3.05. The van der Waals surface area contributed by atoms with E-state index < -0.39 is 26.8 Å². The summed E-state index contributed by atoms with van der Waals surface area (Å²) >= 11 is 0. The van der Waals surface area contributed by atoms with Gasteiger partial charge in [-0.25, -0.2) is 9.13 Å². The van der Waals surface area contributed by atoms with Gasteiger partial charge in [-0.15, -0.1) is 0 Å². The molecule has 0 aliphatic heterocycles. The van der Waals surface area contributed by atoms with Crippen molar-refractivity contribution >= 4 is 15.2 Å². The summed E-state index contributed by atoms with van der Waals surface area (Å²) in [6.07, 6.45) is 18.1. The van der Waals surface area contributed by atoms with Gasteiger partial charge in [-0.05, 0) is 12.8 Å². The monoisotopic (exact) mass is 455 g/mol. The van der Waals surface area contributed by atoms with Crippen LogP contribution in [0.4, 0.5) is 0 Å². The molecule has 9 nitrogen and oxygen atoms in total. The molecule has 0 amide bonds. The molecule has 0 unspecified atom stereocenters. The molecule has 170 valence electrons. The van der Waals surface area contributed by atoms with Crippen molar-refractivity contribution in [2.75, 3.05) is 0 Å². The maximum absolute atomic E-state index is 11.4. The van der Waals surface area contributed by atoms with E-state index >= 15 is 0 Å². The number of nitrogens with zero attached hydrogens (tertiary/aromatic N) is 2. The Morgan fingerprint density at radius 2 is 1.28 bits per heavy atom. The molecule has 0 bridgehead atoms. The quantitative estimate of drug-likeness (QED) is 0.146. The molecule has 0 radical (unpaired) electrons. The van der Waals surface area contributed by atoms with E-state index in [-0.39, 0.29) is 0 Å². The summed E-state index contributed by atoms with van der Waals surface area (Å²) in [6.45, 7) is 2.01. The molecule has 0 aliphatic carbocycles. The standard InChI is InChI=1S/C18H36N2O7P2/c1-2-3-4-5-6-7-8-9-10-11-12-13-19-14-15-20(17-19)16-18(21,28(22,23)24)29(25,26)27/h14-15,17,21H,2-13,16H2,1H3,(H3-,22,23,24,25,26,27)/p+1. The first-order chi connectivity index (χ1) is 13.5. The highest BCUT2D eigenvalue weighted by Crippen LogP contribution is 2.67. The Morgan fingerprint density at radius 1 is 0.828 bits per heavy atom. The van der Waals surface area contributed by atoms with Gasteiger partial charge in [0.15, 0.2) is 0 Å². The molecule has 0 aromatic carbocycles. The molecule has 0 spiro atoms. The van der Waals surface area contributed by atoms with Crippen molar-refractivity contribution in [1.29, 1.82) is 0 Å². The summed E-state index contributed by atoms with van der Waals surface area (Å²) in [6, 6.07) is 0. The predicted molar refractivity (Wildman–Crippen MR) is 110 cm³/mol. The number of aromatic nitrogens is 2. The van der Waals surface area contributed by atoms with Crippen LogP contribution in [0, 0.1) is 0 Å². The number of hydrogen-bond acceptors (Lipinski definition) is 3. The molecule has 0 aliphatic rings. The van der Waals surface area contributed by atoms with E-state index in [9.17, 15) is 33.8 Å². The minimum absolute atomic E-state index is 0.689. The van der Waals surface area contributed by atoms with Gasteiger partial charge < -0.3 is 24.7 Å². The van der Waals surface area contributed by atoms with Crippen LogP contribution in [0.2, 0.25) is 0 Å². The van der Waals surface area contributed by atoms with Crippen LogP contribution < -0.4 is 4.57 Å². The lowest BCUT2D eigenvalue weighted by atomic mass is 10.1. The summed E-state index contributed by atoms with van der Waals surface area (Å²) in [5.41, 5.74) is 0. The minimum atomic E-state index is -5.45. The molecular formula is C18H37N2O7P2+.